The van der Waals surface area contributed by atoms with Gasteiger partial charge in [-0.2, -0.15) is 0 Å². The Morgan fingerprint density at radius 1 is 1.00 bits per heavy atom. The molecule has 1 fully saturated rings. The Morgan fingerprint density at radius 3 is 2.48 bits per heavy atom. The molecule has 2 heterocycles. The number of benzene rings is 2. The monoisotopic (exact) mass is 397 g/mol. The quantitative estimate of drug-likeness (QED) is 0.808. The molecule has 0 saturated carbocycles. The van der Waals surface area contributed by atoms with E-state index in [0.717, 1.165) is 57.3 Å². The van der Waals surface area contributed by atoms with E-state index in [2.05, 4.69) is 40.1 Å². The van der Waals surface area contributed by atoms with Crippen molar-refractivity contribution in [3.8, 4) is 11.5 Å². The van der Waals surface area contributed by atoms with Gasteiger partial charge >= 0.3 is 0 Å². The number of nitrogens with two attached hydrogens (primary N) is 1. The summed E-state index contributed by atoms with van der Waals surface area (Å²) >= 11 is 0. The molecule has 2 aromatic carbocycles. The second-order valence-corrected chi connectivity index (χ2v) is 7.80. The molecule has 6 heteroatoms. The molecule has 0 bridgehead atoms. The summed E-state index contributed by atoms with van der Waals surface area (Å²) in [6.45, 7) is 4.93. The molecule has 2 aliphatic rings. The van der Waals surface area contributed by atoms with E-state index in [1.165, 1.54) is 22.4 Å². The minimum Gasteiger partial charge on any atom is -0.493 e. The van der Waals surface area contributed by atoms with Gasteiger partial charge in [0.1, 0.15) is 0 Å². The lowest BCUT2D eigenvalue weighted by Gasteiger charge is -2.44. The molecule has 2 N–H and O–H groups in total. The van der Waals surface area contributed by atoms with Crippen molar-refractivity contribution in [3.05, 3.63) is 53.1 Å². The Bertz CT molecular complexity index is 836. The van der Waals surface area contributed by atoms with Crippen molar-refractivity contribution in [2.45, 2.75) is 38.5 Å². The Balaban J connectivity index is 1.59. The third kappa shape index (κ3) is 4.34. The van der Waals surface area contributed by atoms with Gasteiger partial charge in [-0.15, -0.1) is 0 Å². The second kappa shape index (κ2) is 9.03. The van der Waals surface area contributed by atoms with Crippen LogP contribution in [-0.4, -0.2) is 45.0 Å². The SMILES string of the molecule is COc1ccc(CN2Cc3cc(CN)ccc3N(C3CCOCC3)C2)cc1OC. The first-order valence-corrected chi connectivity index (χ1v) is 10.3. The third-order valence-corrected chi connectivity index (χ3v) is 5.92. The van der Waals surface area contributed by atoms with Gasteiger partial charge in [0.2, 0.25) is 0 Å². The topological polar surface area (TPSA) is 60.2 Å². The van der Waals surface area contributed by atoms with Crippen molar-refractivity contribution >= 4 is 5.69 Å². The van der Waals surface area contributed by atoms with Crippen molar-refractivity contribution in [3.63, 3.8) is 0 Å². The predicted molar refractivity (Wildman–Crippen MR) is 114 cm³/mol. The van der Waals surface area contributed by atoms with Gasteiger partial charge < -0.3 is 24.8 Å². The number of hydrogen-bond donors (Lipinski definition) is 1. The highest BCUT2D eigenvalue weighted by molar-refractivity contribution is 5.57. The molecule has 4 rings (SSSR count). The average molecular weight is 398 g/mol. The summed E-state index contributed by atoms with van der Waals surface area (Å²) in [7, 11) is 3.35. The smallest absolute Gasteiger partial charge is 0.161 e. The Kier molecular flexibility index (Phi) is 6.23. The maximum atomic E-state index is 5.91. The number of hydrogen-bond acceptors (Lipinski definition) is 6. The van der Waals surface area contributed by atoms with Crippen molar-refractivity contribution in [2.24, 2.45) is 5.73 Å². The molecule has 6 nitrogen and oxygen atoms in total. The van der Waals surface area contributed by atoms with Gasteiger partial charge in [0.05, 0.1) is 20.9 Å². The number of fused-ring (bicyclic) bond motifs is 1. The number of methoxy groups -OCH3 is 2. The van der Waals surface area contributed by atoms with Gasteiger partial charge in [0, 0.05) is 44.6 Å². The Hall–Kier alpha value is -2.28. The summed E-state index contributed by atoms with van der Waals surface area (Å²) in [5.74, 6) is 1.53. The largest absolute Gasteiger partial charge is 0.493 e. The van der Waals surface area contributed by atoms with E-state index in [0.29, 0.717) is 12.6 Å². The lowest BCUT2D eigenvalue weighted by atomic mass is 10.00. The van der Waals surface area contributed by atoms with Gasteiger partial charge in [0.25, 0.3) is 0 Å². The summed E-state index contributed by atoms with van der Waals surface area (Å²) in [6.07, 6.45) is 2.14. The molecule has 0 spiro atoms. The van der Waals surface area contributed by atoms with E-state index in [1.807, 2.05) is 6.07 Å². The summed E-state index contributed by atoms with van der Waals surface area (Å²) < 4.78 is 16.5. The van der Waals surface area contributed by atoms with Crippen LogP contribution in [0.5, 0.6) is 11.5 Å². The average Bonchev–Trinajstić information content (AvgIpc) is 2.78. The van der Waals surface area contributed by atoms with Crippen LogP contribution >= 0.6 is 0 Å². The van der Waals surface area contributed by atoms with Crippen LogP contribution in [0, 0.1) is 0 Å². The van der Waals surface area contributed by atoms with Crippen LogP contribution in [0.25, 0.3) is 0 Å². The lowest BCUT2D eigenvalue weighted by Crippen LogP contribution is -2.49. The first-order chi connectivity index (χ1) is 14.2. The number of ether oxygens (including phenoxy) is 3. The lowest BCUT2D eigenvalue weighted by molar-refractivity contribution is 0.0793. The zero-order valence-corrected chi connectivity index (χ0v) is 17.4. The van der Waals surface area contributed by atoms with Crippen molar-refractivity contribution < 1.29 is 14.2 Å². The predicted octanol–water partition coefficient (Wildman–Crippen LogP) is 3.12. The first kappa shape index (κ1) is 20.0. The summed E-state index contributed by atoms with van der Waals surface area (Å²) in [5, 5.41) is 0. The minimum atomic E-state index is 0.513. The Labute approximate surface area is 173 Å². The maximum absolute atomic E-state index is 5.91. The highest BCUT2D eigenvalue weighted by Crippen LogP contribution is 2.34. The second-order valence-electron chi connectivity index (χ2n) is 7.80. The molecule has 0 atom stereocenters. The molecule has 2 aromatic rings. The molecular weight excluding hydrogens is 366 g/mol. The van der Waals surface area contributed by atoms with E-state index in [9.17, 15) is 0 Å². The van der Waals surface area contributed by atoms with E-state index >= 15 is 0 Å². The van der Waals surface area contributed by atoms with Crippen LogP contribution in [0.3, 0.4) is 0 Å². The fraction of sp³-hybridized carbons (Fsp3) is 0.478. The van der Waals surface area contributed by atoms with Gasteiger partial charge in [-0.25, -0.2) is 0 Å². The maximum Gasteiger partial charge on any atom is 0.161 e. The number of nitrogens with zero attached hydrogens (tertiary/aromatic N) is 2. The molecule has 0 unspecified atom stereocenters. The van der Waals surface area contributed by atoms with E-state index < -0.39 is 0 Å². The molecule has 2 aliphatic heterocycles. The van der Waals surface area contributed by atoms with Gasteiger partial charge in [-0.3, -0.25) is 4.90 Å². The first-order valence-electron chi connectivity index (χ1n) is 10.3. The van der Waals surface area contributed by atoms with E-state index in [4.69, 9.17) is 19.9 Å². The van der Waals surface area contributed by atoms with Gasteiger partial charge in [-0.1, -0.05) is 18.2 Å². The summed E-state index contributed by atoms with van der Waals surface area (Å²) in [4.78, 5) is 5.04. The highest BCUT2D eigenvalue weighted by atomic mass is 16.5. The third-order valence-electron chi connectivity index (χ3n) is 5.92. The summed E-state index contributed by atoms with van der Waals surface area (Å²) in [6, 6.07) is 13.4. The van der Waals surface area contributed by atoms with Crippen LogP contribution in [-0.2, 0) is 24.4 Å². The fourth-order valence-electron chi connectivity index (χ4n) is 4.41. The van der Waals surface area contributed by atoms with E-state index in [1.54, 1.807) is 14.2 Å². The normalized spacial score (nSPS) is 17.8. The summed E-state index contributed by atoms with van der Waals surface area (Å²) in [5.41, 5.74) is 11.0. The van der Waals surface area contributed by atoms with Crippen molar-refractivity contribution in [1.82, 2.24) is 4.90 Å². The molecule has 0 amide bonds. The molecule has 0 radical (unpaired) electrons. The van der Waals surface area contributed by atoms with Gasteiger partial charge in [0.15, 0.2) is 11.5 Å². The van der Waals surface area contributed by atoms with Gasteiger partial charge in [-0.05, 0) is 47.7 Å². The van der Waals surface area contributed by atoms with E-state index in [-0.39, 0.29) is 0 Å². The van der Waals surface area contributed by atoms with Crippen molar-refractivity contribution in [2.75, 3.05) is 39.0 Å². The molecule has 29 heavy (non-hydrogen) atoms. The zero-order chi connectivity index (χ0) is 20.2. The molecule has 0 aromatic heterocycles. The van der Waals surface area contributed by atoms with Crippen LogP contribution in [0.2, 0.25) is 0 Å². The van der Waals surface area contributed by atoms with Crippen LogP contribution in [0.4, 0.5) is 5.69 Å². The number of rotatable bonds is 6. The molecular formula is C23H31N3O3. The fourth-order valence-corrected chi connectivity index (χ4v) is 4.41. The van der Waals surface area contributed by atoms with Crippen LogP contribution < -0.4 is 20.1 Å². The zero-order valence-electron chi connectivity index (χ0n) is 17.4. The van der Waals surface area contributed by atoms with Crippen LogP contribution in [0.15, 0.2) is 36.4 Å². The number of anilines is 1. The molecule has 156 valence electrons. The highest BCUT2D eigenvalue weighted by Gasteiger charge is 2.29. The molecule has 1 saturated heterocycles. The molecule has 0 aliphatic carbocycles. The Morgan fingerprint density at radius 2 is 1.76 bits per heavy atom. The minimum absolute atomic E-state index is 0.513. The standard InChI is InChI=1S/C23H31N3O3/c1-27-22-6-4-18(12-23(22)28-2)14-25-15-19-11-17(13-24)3-5-21(19)26(16-25)20-7-9-29-10-8-20/h3-6,11-12,20H,7-10,13-16,24H2,1-2H3. The van der Waals surface area contributed by atoms with Crippen molar-refractivity contribution in [1.29, 1.82) is 0 Å². The van der Waals surface area contributed by atoms with Crippen LogP contribution in [0.1, 0.15) is 29.5 Å².